The van der Waals surface area contributed by atoms with Gasteiger partial charge < -0.3 is 0 Å². The van der Waals surface area contributed by atoms with Crippen molar-refractivity contribution >= 4 is 11.8 Å². The largest absolute Gasteiger partial charge is 0.296 e. The second-order valence-electron chi connectivity index (χ2n) is 3.74. The molecule has 0 atom stereocenters. The van der Waals surface area contributed by atoms with Crippen LogP contribution >= 0.6 is 0 Å². The molecule has 2 amide bonds. The van der Waals surface area contributed by atoms with Crippen molar-refractivity contribution in [2.75, 3.05) is 0 Å². The van der Waals surface area contributed by atoms with E-state index in [0.717, 1.165) is 12.8 Å². The number of amides is 2. The Labute approximate surface area is 78.9 Å². The summed E-state index contributed by atoms with van der Waals surface area (Å²) in [5.74, 6) is 0.100. The first-order valence-corrected chi connectivity index (χ1v) is 5.05. The molecule has 0 unspecified atom stereocenters. The zero-order valence-electron chi connectivity index (χ0n) is 8.14. The van der Waals surface area contributed by atoms with Crippen LogP contribution in [0, 0.1) is 5.92 Å². The van der Waals surface area contributed by atoms with Gasteiger partial charge in [-0.15, -0.1) is 0 Å². The lowest BCUT2D eigenvalue weighted by Crippen LogP contribution is -2.38. The molecule has 0 aliphatic carbocycles. The summed E-state index contributed by atoms with van der Waals surface area (Å²) in [6.07, 6.45) is 5.62. The number of rotatable bonds is 4. The van der Waals surface area contributed by atoms with Crippen LogP contribution < -0.4 is 5.32 Å². The summed E-state index contributed by atoms with van der Waals surface area (Å²) in [7, 11) is 0. The molecule has 0 bridgehead atoms. The van der Waals surface area contributed by atoms with Gasteiger partial charge in [-0.05, 0) is 12.3 Å². The average molecular weight is 183 g/mol. The number of piperidine rings is 1. The highest BCUT2D eigenvalue weighted by Gasteiger charge is 2.23. The molecule has 0 aromatic rings. The van der Waals surface area contributed by atoms with E-state index >= 15 is 0 Å². The maximum absolute atomic E-state index is 11.0. The van der Waals surface area contributed by atoms with Gasteiger partial charge in [-0.3, -0.25) is 14.9 Å². The van der Waals surface area contributed by atoms with Crippen LogP contribution in [0.2, 0.25) is 0 Å². The van der Waals surface area contributed by atoms with Crippen molar-refractivity contribution in [1.82, 2.24) is 5.32 Å². The summed E-state index contributed by atoms with van der Waals surface area (Å²) in [5.41, 5.74) is 0. The third-order valence-electron chi connectivity index (χ3n) is 2.44. The number of imide groups is 1. The Balaban J connectivity index is 2.25. The van der Waals surface area contributed by atoms with Crippen LogP contribution in [0.15, 0.2) is 0 Å². The number of hydrogen-bond acceptors (Lipinski definition) is 2. The minimum Gasteiger partial charge on any atom is -0.296 e. The molecule has 0 aromatic heterocycles. The van der Waals surface area contributed by atoms with Crippen molar-refractivity contribution in [2.24, 2.45) is 5.92 Å². The van der Waals surface area contributed by atoms with E-state index in [0.29, 0.717) is 18.8 Å². The number of unbranched alkanes of at least 4 members (excludes halogenated alkanes) is 2. The second kappa shape index (κ2) is 5.00. The number of carbonyl (C=O) groups is 2. The Hall–Kier alpha value is -0.860. The predicted octanol–water partition coefficient (Wildman–Crippen LogP) is 1.62. The fraction of sp³-hybridized carbons (Fsp3) is 0.800. The Bertz CT molecular complexity index is 185. The van der Waals surface area contributed by atoms with Gasteiger partial charge in [0.25, 0.3) is 0 Å². The van der Waals surface area contributed by atoms with Crippen molar-refractivity contribution < 1.29 is 9.59 Å². The molecule has 0 aromatic carbocycles. The smallest absolute Gasteiger partial charge is 0.226 e. The van der Waals surface area contributed by atoms with Gasteiger partial charge in [0, 0.05) is 12.8 Å². The first kappa shape index (κ1) is 10.2. The van der Waals surface area contributed by atoms with Crippen LogP contribution in [0.3, 0.4) is 0 Å². The minimum absolute atomic E-state index is 0.0993. The van der Waals surface area contributed by atoms with E-state index in [4.69, 9.17) is 0 Å². The van der Waals surface area contributed by atoms with Crippen molar-refractivity contribution in [3.8, 4) is 0 Å². The SMILES string of the molecule is CCCCCC1CC(=O)NC(=O)C1. The van der Waals surface area contributed by atoms with Crippen molar-refractivity contribution in [3.63, 3.8) is 0 Å². The molecule has 1 rings (SSSR count). The fourth-order valence-corrected chi connectivity index (χ4v) is 1.74. The topological polar surface area (TPSA) is 46.2 Å². The van der Waals surface area contributed by atoms with Gasteiger partial charge in [-0.25, -0.2) is 0 Å². The van der Waals surface area contributed by atoms with Crippen LogP contribution in [0.1, 0.15) is 45.4 Å². The zero-order valence-corrected chi connectivity index (χ0v) is 8.14. The lowest BCUT2D eigenvalue weighted by Gasteiger charge is -2.20. The van der Waals surface area contributed by atoms with Crippen molar-refractivity contribution in [3.05, 3.63) is 0 Å². The van der Waals surface area contributed by atoms with E-state index < -0.39 is 0 Å². The summed E-state index contributed by atoms with van der Waals surface area (Å²) in [6, 6.07) is 0. The molecule has 1 heterocycles. The van der Waals surface area contributed by atoms with Gasteiger partial charge >= 0.3 is 0 Å². The number of nitrogens with one attached hydrogen (secondary N) is 1. The van der Waals surface area contributed by atoms with Crippen molar-refractivity contribution in [2.45, 2.75) is 45.4 Å². The molecule has 1 aliphatic heterocycles. The summed E-state index contributed by atoms with van der Waals surface area (Å²) >= 11 is 0. The predicted molar refractivity (Wildman–Crippen MR) is 50.0 cm³/mol. The Morgan fingerprint density at radius 1 is 1.23 bits per heavy atom. The summed E-state index contributed by atoms with van der Waals surface area (Å²) < 4.78 is 0. The minimum atomic E-state index is -0.0993. The third kappa shape index (κ3) is 3.57. The molecule has 74 valence electrons. The van der Waals surface area contributed by atoms with Gasteiger partial charge in [0.1, 0.15) is 0 Å². The quantitative estimate of drug-likeness (QED) is 0.531. The molecule has 0 radical (unpaired) electrons. The highest BCUT2D eigenvalue weighted by molar-refractivity contribution is 5.97. The van der Waals surface area contributed by atoms with Gasteiger partial charge in [0.15, 0.2) is 0 Å². The Kier molecular flexibility index (Phi) is 3.93. The monoisotopic (exact) mass is 183 g/mol. The standard InChI is InChI=1S/C10H17NO2/c1-2-3-4-5-8-6-9(12)11-10(13)7-8/h8H,2-7H2,1H3,(H,11,12,13). The van der Waals surface area contributed by atoms with Crippen LogP contribution in [0.25, 0.3) is 0 Å². The molecule has 1 N–H and O–H groups in total. The average Bonchev–Trinajstić information content (AvgIpc) is 2.03. The molecular weight excluding hydrogens is 166 g/mol. The highest BCUT2D eigenvalue weighted by atomic mass is 16.2. The fourth-order valence-electron chi connectivity index (χ4n) is 1.74. The summed E-state index contributed by atoms with van der Waals surface area (Å²) in [6.45, 7) is 2.15. The van der Waals surface area contributed by atoms with Gasteiger partial charge in [-0.1, -0.05) is 26.2 Å². The van der Waals surface area contributed by atoms with E-state index in [2.05, 4.69) is 12.2 Å². The van der Waals surface area contributed by atoms with E-state index in [1.165, 1.54) is 12.8 Å². The number of carbonyl (C=O) groups excluding carboxylic acids is 2. The lowest BCUT2D eigenvalue weighted by molar-refractivity contribution is -0.134. The molecule has 13 heavy (non-hydrogen) atoms. The van der Waals surface area contributed by atoms with E-state index in [1.54, 1.807) is 0 Å². The van der Waals surface area contributed by atoms with Crippen molar-refractivity contribution in [1.29, 1.82) is 0 Å². The summed E-state index contributed by atoms with van der Waals surface area (Å²) in [5, 5.41) is 2.32. The van der Waals surface area contributed by atoms with E-state index in [1.807, 2.05) is 0 Å². The molecule has 3 heteroatoms. The van der Waals surface area contributed by atoms with Gasteiger partial charge in [0.2, 0.25) is 11.8 Å². The molecular formula is C10H17NO2. The summed E-state index contributed by atoms with van der Waals surface area (Å²) in [4.78, 5) is 22.0. The first-order chi connectivity index (χ1) is 6.22. The molecule has 1 fully saturated rings. The van der Waals surface area contributed by atoms with Crippen LogP contribution in [0.4, 0.5) is 0 Å². The molecule has 0 saturated carbocycles. The van der Waals surface area contributed by atoms with Gasteiger partial charge in [0.05, 0.1) is 0 Å². The van der Waals surface area contributed by atoms with E-state index in [-0.39, 0.29) is 11.8 Å². The van der Waals surface area contributed by atoms with Crippen LogP contribution in [-0.2, 0) is 9.59 Å². The van der Waals surface area contributed by atoms with Crippen LogP contribution in [-0.4, -0.2) is 11.8 Å². The zero-order chi connectivity index (χ0) is 9.68. The molecule has 0 spiro atoms. The normalized spacial score (nSPS) is 18.8. The Morgan fingerprint density at radius 3 is 2.38 bits per heavy atom. The maximum Gasteiger partial charge on any atom is 0.226 e. The lowest BCUT2D eigenvalue weighted by atomic mass is 9.91. The molecule has 1 aliphatic rings. The third-order valence-corrected chi connectivity index (χ3v) is 2.44. The highest BCUT2D eigenvalue weighted by Crippen LogP contribution is 2.20. The molecule has 1 saturated heterocycles. The molecule has 3 nitrogen and oxygen atoms in total. The number of hydrogen-bond donors (Lipinski definition) is 1. The Morgan fingerprint density at radius 2 is 1.85 bits per heavy atom. The maximum atomic E-state index is 11.0. The van der Waals surface area contributed by atoms with Crippen LogP contribution in [0.5, 0.6) is 0 Å². The van der Waals surface area contributed by atoms with Gasteiger partial charge in [-0.2, -0.15) is 0 Å². The first-order valence-electron chi connectivity index (χ1n) is 5.05. The second-order valence-corrected chi connectivity index (χ2v) is 3.74. The van der Waals surface area contributed by atoms with E-state index in [9.17, 15) is 9.59 Å².